The molecule has 2 bridgehead atoms. The van der Waals surface area contributed by atoms with Crippen molar-refractivity contribution in [1.82, 2.24) is 5.32 Å². The zero-order valence-electron chi connectivity index (χ0n) is 7.99. The molecule has 0 radical (unpaired) electrons. The molecule has 1 N–H and O–H groups in total. The molecule has 2 aliphatic heterocycles. The molecule has 2 aliphatic rings. The molecule has 0 amide bonds. The zero-order valence-corrected chi connectivity index (χ0v) is 7.99. The van der Waals surface area contributed by atoms with E-state index in [0.29, 0.717) is 0 Å². The number of halogens is 1. The van der Waals surface area contributed by atoms with Crippen molar-refractivity contribution in [3.05, 3.63) is 0 Å². The third-order valence-corrected chi connectivity index (χ3v) is 3.65. The van der Waals surface area contributed by atoms with Gasteiger partial charge in [0.15, 0.2) is 0 Å². The maximum Gasteiger partial charge on any atom is 0.118 e. The number of hydrogen-bond acceptors (Lipinski definition) is 1. The Hall–Kier alpha value is -0.110. The predicted molar refractivity (Wildman–Crippen MR) is 47.9 cm³/mol. The molecule has 0 spiro atoms. The van der Waals surface area contributed by atoms with Gasteiger partial charge in [0.25, 0.3) is 0 Å². The highest BCUT2D eigenvalue weighted by molar-refractivity contribution is 5.06. The van der Waals surface area contributed by atoms with Gasteiger partial charge in [-0.25, -0.2) is 4.39 Å². The van der Waals surface area contributed by atoms with Gasteiger partial charge in [0, 0.05) is 11.1 Å². The summed E-state index contributed by atoms with van der Waals surface area (Å²) in [5.41, 5.74) is 0.0147. The summed E-state index contributed by atoms with van der Waals surface area (Å²) < 4.78 is 13.5. The number of piperidine rings is 2. The molecule has 0 unspecified atom stereocenters. The van der Waals surface area contributed by atoms with Crippen LogP contribution in [0.15, 0.2) is 0 Å². The molecule has 0 aliphatic carbocycles. The summed E-state index contributed by atoms with van der Waals surface area (Å²) in [6.45, 7) is 4.27. The average molecular weight is 171 g/mol. The molecular weight excluding hydrogens is 153 g/mol. The van der Waals surface area contributed by atoms with Crippen LogP contribution in [0.25, 0.3) is 0 Å². The second-order valence-corrected chi connectivity index (χ2v) is 4.96. The fourth-order valence-electron chi connectivity index (χ4n) is 2.85. The Labute approximate surface area is 73.7 Å². The van der Waals surface area contributed by atoms with Crippen molar-refractivity contribution in [1.29, 1.82) is 0 Å². The summed E-state index contributed by atoms with van der Waals surface area (Å²) in [5.74, 6) is 0. The number of fused-ring (bicyclic) bond motifs is 2. The van der Waals surface area contributed by atoms with Crippen molar-refractivity contribution in [2.24, 2.45) is 0 Å². The van der Waals surface area contributed by atoms with E-state index in [1.165, 1.54) is 12.8 Å². The summed E-state index contributed by atoms with van der Waals surface area (Å²) in [4.78, 5) is 0. The van der Waals surface area contributed by atoms with Crippen LogP contribution >= 0.6 is 0 Å². The lowest BCUT2D eigenvalue weighted by Crippen LogP contribution is -2.66. The van der Waals surface area contributed by atoms with Crippen LogP contribution in [0.4, 0.5) is 4.39 Å². The lowest BCUT2D eigenvalue weighted by molar-refractivity contribution is 0.0179. The summed E-state index contributed by atoms with van der Waals surface area (Å²) in [6, 6.07) is 0. The van der Waals surface area contributed by atoms with E-state index in [1.807, 2.05) is 6.92 Å². The molecular formula is C10H18FN. The molecule has 0 aromatic rings. The molecule has 2 fully saturated rings. The average Bonchev–Trinajstić information content (AvgIpc) is 1.98. The Balaban J connectivity index is 2.20. The van der Waals surface area contributed by atoms with Crippen LogP contribution in [-0.2, 0) is 0 Å². The van der Waals surface area contributed by atoms with Gasteiger partial charge >= 0.3 is 0 Å². The second kappa shape index (κ2) is 2.44. The highest BCUT2D eigenvalue weighted by Crippen LogP contribution is 2.40. The molecule has 2 saturated heterocycles. The van der Waals surface area contributed by atoms with Gasteiger partial charge in [0.2, 0.25) is 0 Å². The number of alkyl halides is 1. The van der Waals surface area contributed by atoms with Crippen molar-refractivity contribution in [3.8, 4) is 0 Å². The van der Waals surface area contributed by atoms with Crippen LogP contribution < -0.4 is 5.32 Å². The van der Waals surface area contributed by atoms with Gasteiger partial charge in [-0.05, 0) is 46.0 Å². The molecule has 2 rings (SSSR count). The van der Waals surface area contributed by atoms with Crippen LogP contribution in [0.5, 0.6) is 0 Å². The fraction of sp³-hybridized carbons (Fsp3) is 1.00. The van der Waals surface area contributed by atoms with Crippen molar-refractivity contribution >= 4 is 0 Å². The fourth-order valence-corrected chi connectivity index (χ4v) is 2.85. The highest BCUT2D eigenvalue weighted by atomic mass is 19.1. The Kier molecular flexibility index (Phi) is 1.73. The standard InChI is InChI=1S/C10H18FN/c1-9-5-3-6-10(2,12-9)8(11)4-7-9/h8,12H,3-7H2,1-2H3/t8-,9+,10-/m0/s1. The first-order chi connectivity index (χ1) is 5.54. The lowest BCUT2D eigenvalue weighted by atomic mass is 9.70. The van der Waals surface area contributed by atoms with E-state index in [9.17, 15) is 4.39 Å². The zero-order chi connectivity index (χ0) is 8.82. The molecule has 12 heavy (non-hydrogen) atoms. The van der Waals surface area contributed by atoms with Gasteiger partial charge in [-0.3, -0.25) is 0 Å². The largest absolute Gasteiger partial charge is 0.304 e. The third kappa shape index (κ3) is 1.17. The lowest BCUT2D eigenvalue weighted by Gasteiger charge is -2.52. The first-order valence-electron chi connectivity index (χ1n) is 4.98. The van der Waals surface area contributed by atoms with Crippen LogP contribution in [0, 0.1) is 0 Å². The first-order valence-corrected chi connectivity index (χ1v) is 4.98. The number of hydrogen-bond donors (Lipinski definition) is 1. The van der Waals surface area contributed by atoms with E-state index in [4.69, 9.17) is 0 Å². The maximum absolute atomic E-state index is 13.5. The van der Waals surface area contributed by atoms with Crippen molar-refractivity contribution < 1.29 is 4.39 Å². The minimum absolute atomic E-state index is 0.217. The smallest absolute Gasteiger partial charge is 0.118 e. The van der Waals surface area contributed by atoms with Gasteiger partial charge in [-0.15, -0.1) is 0 Å². The minimum Gasteiger partial charge on any atom is -0.304 e. The second-order valence-electron chi connectivity index (χ2n) is 4.96. The highest BCUT2D eigenvalue weighted by Gasteiger charge is 2.47. The summed E-state index contributed by atoms with van der Waals surface area (Å²) in [7, 11) is 0. The van der Waals surface area contributed by atoms with Gasteiger partial charge in [0.1, 0.15) is 6.17 Å². The quantitative estimate of drug-likeness (QED) is 0.590. The van der Waals surface area contributed by atoms with E-state index >= 15 is 0 Å². The van der Waals surface area contributed by atoms with E-state index in [0.717, 1.165) is 19.3 Å². The molecule has 1 nitrogen and oxygen atoms in total. The Morgan fingerprint density at radius 3 is 2.67 bits per heavy atom. The molecule has 0 aromatic carbocycles. The molecule has 3 atom stereocenters. The molecule has 0 saturated carbocycles. The van der Waals surface area contributed by atoms with Crippen molar-refractivity contribution in [2.45, 2.75) is 63.2 Å². The van der Waals surface area contributed by atoms with Crippen LogP contribution in [0.2, 0.25) is 0 Å². The normalized spacial score (nSPS) is 53.8. The topological polar surface area (TPSA) is 12.0 Å². The summed E-state index contributed by atoms with van der Waals surface area (Å²) in [6.07, 6.45) is 4.52. The van der Waals surface area contributed by atoms with Gasteiger partial charge in [0.05, 0.1) is 0 Å². The third-order valence-electron chi connectivity index (χ3n) is 3.65. The Morgan fingerprint density at radius 1 is 1.25 bits per heavy atom. The minimum atomic E-state index is -0.633. The maximum atomic E-state index is 13.5. The van der Waals surface area contributed by atoms with E-state index in [1.54, 1.807) is 0 Å². The molecule has 2 heteroatoms. The van der Waals surface area contributed by atoms with Gasteiger partial charge < -0.3 is 5.32 Å². The Bertz CT molecular complexity index is 194. The van der Waals surface area contributed by atoms with Crippen molar-refractivity contribution in [3.63, 3.8) is 0 Å². The van der Waals surface area contributed by atoms with Crippen molar-refractivity contribution in [2.75, 3.05) is 0 Å². The predicted octanol–water partition coefficient (Wildman–Crippen LogP) is 2.41. The van der Waals surface area contributed by atoms with E-state index in [-0.39, 0.29) is 11.1 Å². The molecule has 2 heterocycles. The monoisotopic (exact) mass is 171 g/mol. The van der Waals surface area contributed by atoms with E-state index in [2.05, 4.69) is 12.2 Å². The van der Waals surface area contributed by atoms with E-state index < -0.39 is 6.17 Å². The number of rotatable bonds is 0. The van der Waals surface area contributed by atoms with Crippen LogP contribution in [0.1, 0.15) is 46.0 Å². The van der Waals surface area contributed by atoms with Gasteiger partial charge in [-0.1, -0.05) is 0 Å². The molecule has 0 aromatic heterocycles. The SMILES string of the molecule is C[C@]12CCC[C@](C)(N1)[C@@H](F)CC2. The van der Waals surface area contributed by atoms with Crippen LogP contribution in [0.3, 0.4) is 0 Å². The Morgan fingerprint density at radius 2 is 2.00 bits per heavy atom. The summed E-state index contributed by atoms with van der Waals surface area (Å²) >= 11 is 0. The van der Waals surface area contributed by atoms with Crippen LogP contribution in [-0.4, -0.2) is 17.2 Å². The summed E-state index contributed by atoms with van der Waals surface area (Å²) in [5, 5.41) is 3.48. The number of nitrogens with one attached hydrogen (secondary N) is 1. The first kappa shape index (κ1) is 8.49. The molecule has 70 valence electrons. The van der Waals surface area contributed by atoms with Gasteiger partial charge in [-0.2, -0.15) is 0 Å².